The Balaban J connectivity index is 1.53. The highest BCUT2D eigenvalue weighted by Crippen LogP contribution is 2.19. The summed E-state index contributed by atoms with van der Waals surface area (Å²) in [6.07, 6.45) is 4.30. The molecule has 4 rings (SSSR count). The van der Waals surface area contributed by atoms with E-state index in [2.05, 4.69) is 48.4 Å². The second-order valence-electron chi connectivity index (χ2n) is 6.70. The summed E-state index contributed by atoms with van der Waals surface area (Å²) in [6.45, 7) is 2.51. The zero-order valence-electron chi connectivity index (χ0n) is 14.8. The zero-order valence-corrected chi connectivity index (χ0v) is 14.8. The van der Waals surface area contributed by atoms with Gasteiger partial charge < -0.3 is 4.90 Å². The summed E-state index contributed by atoms with van der Waals surface area (Å²) in [5.41, 5.74) is 3.04. The molecule has 1 unspecified atom stereocenters. The molecule has 0 bridgehead atoms. The molecule has 1 aliphatic rings. The average Bonchev–Trinajstić information content (AvgIpc) is 2.69. The van der Waals surface area contributed by atoms with E-state index >= 15 is 0 Å². The van der Waals surface area contributed by atoms with Gasteiger partial charge in [-0.25, -0.2) is 0 Å². The van der Waals surface area contributed by atoms with Crippen molar-refractivity contribution in [3.63, 3.8) is 0 Å². The van der Waals surface area contributed by atoms with E-state index in [0.29, 0.717) is 6.54 Å². The molecule has 0 saturated carbocycles. The lowest BCUT2D eigenvalue weighted by atomic mass is 10.0. The number of rotatable bonds is 4. The molecule has 0 fully saturated rings. The molecule has 0 spiro atoms. The van der Waals surface area contributed by atoms with Gasteiger partial charge in [0.05, 0.1) is 6.54 Å². The van der Waals surface area contributed by atoms with Gasteiger partial charge in [0.1, 0.15) is 0 Å². The first-order valence-electron chi connectivity index (χ1n) is 8.94. The van der Waals surface area contributed by atoms with Gasteiger partial charge in [0, 0.05) is 17.8 Å². The van der Waals surface area contributed by atoms with Gasteiger partial charge in [-0.1, -0.05) is 84.9 Å². The van der Waals surface area contributed by atoms with Crippen molar-refractivity contribution in [2.75, 3.05) is 6.54 Å². The van der Waals surface area contributed by atoms with Crippen LogP contribution in [0.2, 0.25) is 0 Å². The fourth-order valence-electron chi connectivity index (χ4n) is 3.36. The lowest BCUT2D eigenvalue weighted by Gasteiger charge is -2.27. The van der Waals surface area contributed by atoms with Gasteiger partial charge in [-0.2, -0.15) is 0 Å². The van der Waals surface area contributed by atoms with Crippen molar-refractivity contribution in [1.82, 2.24) is 4.90 Å². The SMILES string of the molecule is CC1C=c2ccccc2=CN1CC(=O)c1ccc(-c2ccccc2)cc1. The van der Waals surface area contributed by atoms with Crippen LogP contribution in [0.5, 0.6) is 0 Å². The molecular formula is C24H21NO. The molecule has 1 atom stereocenters. The quantitative estimate of drug-likeness (QED) is 0.679. The first-order chi connectivity index (χ1) is 12.7. The van der Waals surface area contributed by atoms with Crippen molar-refractivity contribution >= 4 is 18.1 Å². The molecular weight excluding hydrogens is 318 g/mol. The molecule has 2 nitrogen and oxygen atoms in total. The number of carbonyl (C=O) groups excluding carboxylic acids is 1. The van der Waals surface area contributed by atoms with E-state index in [-0.39, 0.29) is 11.8 Å². The molecule has 0 aliphatic carbocycles. The van der Waals surface area contributed by atoms with Crippen molar-refractivity contribution < 1.29 is 4.79 Å². The molecule has 1 aliphatic heterocycles. The van der Waals surface area contributed by atoms with Crippen LogP contribution >= 0.6 is 0 Å². The van der Waals surface area contributed by atoms with Gasteiger partial charge in [0.2, 0.25) is 0 Å². The minimum Gasteiger partial charge on any atom is -0.363 e. The van der Waals surface area contributed by atoms with Gasteiger partial charge in [0.15, 0.2) is 5.78 Å². The Bertz CT molecular complexity index is 1040. The number of ketones is 1. The molecule has 1 heterocycles. The highest BCUT2D eigenvalue weighted by molar-refractivity contribution is 5.98. The van der Waals surface area contributed by atoms with Gasteiger partial charge >= 0.3 is 0 Å². The minimum absolute atomic E-state index is 0.139. The van der Waals surface area contributed by atoms with Crippen LogP contribution < -0.4 is 10.4 Å². The van der Waals surface area contributed by atoms with E-state index in [4.69, 9.17) is 0 Å². The number of fused-ring (bicyclic) bond motifs is 1. The van der Waals surface area contributed by atoms with Crippen molar-refractivity contribution in [3.05, 3.63) is 94.9 Å². The Labute approximate surface area is 153 Å². The van der Waals surface area contributed by atoms with Crippen LogP contribution in [0.3, 0.4) is 0 Å². The molecule has 0 amide bonds. The second-order valence-corrected chi connectivity index (χ2v) is 6.70. The fraction of sp³-hybridized carbons (Fsp3) is 0.125. The molecule has 0 N–H and O–H groups in total. The number of hydrogen-bond donors (Lipinski definition) is 0. The Morgan fingerprint density at radius 3 is 2.15 bits per heavy atom. The highest BCUT2D eigenvalue weighted by Gasteiger charge is 2.16. The normalized spacial score (nSPS) is 15.6. The van der Waals surface area contributed by atoms with Crippen LogP contribution in [0.15, 0.2) is 78.9 Å². The van der Waals surface area contributed by atoms with E-state index in [1.165, 1.54) is 5.22 Å². The van der Waals surface area contributed by atoms with Gasteiger partial charge in [0.25, 0.3) is 0 Å². The maximum Gasteiger partial charge on any atom is 0.182 e. The molecule has 3 aromatic rings. The van der Waals surface area contributed by atoms with Crippen LogP contribution in [0.25, 0.3) is 23.4 Å². The second kappa shape index (κ2) is 7.01. The zero-order chi connectivity index (χ0) is 17.9. The summed E-state index contributed by atoms with van der Waals surface area (Å²) in [5, 5.41) is 2.40. The lowest BCUT2D eigenvalue weighted by Crippen LogP contribution is -2.42. The third kappa shape index (κ3) is 3.31. The summed E-state index contributed by atoms with van der Waals surface area (Å²) in [4.78, 5) is 14.8. The number of carbonyl (C=O) groups is 1. The molecule has 128 valence electrons. The van der Waals surface area contributed by atoms with Gasteiger partial charge in [-0.3, -0.25) is 4.79 Å². The summed E-state index contributed by atoms with van der Waals surface area (Å²) in [7, 11) is 0. The van der Waals surface area contributed by atoms with E-state index in [9.17, 15) is 4.79 Å². The van der Waals surface area contributed by atoms with E-state index in [1.807, 2.05) is 54.6 Å². The van der Waals surface area contributed by atoms with E-state index < -0.39 is 0 Å². The Morgan fingerprint density at radius 2 is 1.42 bits per heavy atom. The number of nitrogens with zero attached hydrogens (tertiary/aromatic N) is 1. The highest BCUT2D eigenvalue weighted by atomic mass is 16.1. The Morgan fingerprint density at radius 1 is 0.808 bits per heavy atom. The van der Waals surface area contributed by atoms with Crippen LogP contribution in [-0.2, 0) is 0 Å². The van der Waals surface area contributed by atoms with Crippen molar-refractivity contribution in [2.24, 2.45) is 0 Å². The van der Waals surface area contributed by atoms with E-state index in [1.54, 1.807) is 0 Å². The van der Waals surface area contributed by atoms with E-state index in [0.717, 1.165) is 21.9 Å². The predicted octanol–water partition coefficient (Wildman–Crippen LogP) is 3.46. The van der Waals surface area contributed by atoms with Crippen LogP contribution in [0.4, 0.5) is 0 Å². The first-order valence-corrected chi connectivity index (χ1v) is 8.94. The summed E-state index contributed by atoms with van der Waals surface area (Å²) >= 11 is 0. The van der Waals surface area contributed by atoms with Gasteiger partial charge in [-0.15, -0.1) is 0 Å². The largest absolute Gasteiger partial charge is 0.363 e. The summed E-state index contributed by atoms with van der Waals surface area (Å²) in [5.74, 6) is 0.139. The van der Waals surface area contributed by atoms with Crippen molar-refractivity contribution in [1.29, 1.82) is 0 Å². The lowest BCUT2D eigenvalue weighted by molar-refractivity contribution is 0.0956. The fourth-order valence-corrected chi connectivity index (χ4v) is 3.36. The maximum atomic E-state index is 12.7. The van der Waals surface area contributed by atoms with Crippen LogP contribution in [0, 0.1) is 0 Å². The van der Waals surface area contributed by atoms with Crippen LogP contribution in [-0.4, -0.2) is 23.3 Å². The molecule has 0 saturated heterocycles. The summed E-state index contributed by atoms with van der Waals surface area (Å²) in [6, 6.07) is 26.6. The molecule has 2 heteroatoms. The monoisotopic (exact) mass is 339 g/mol. The molecule has 0 aromatic heterocycles. The van der Waals surface area contributed by atoms with Crippen LogP contribution in [0.1, 0.15) is 17.3 Å². The Hall–Kier alpha value is -3.13. The average molecular weight is 339 g/mol. The number of Topliss-reactive ketones (excluding diaryl/α,β-unsaturated/α-hetero) is 1. The predicted molar refractivity (Wildman–Crippen MR) is 107 cm³/mol. The van der Waals surface area contributed by atoms with Crippen molar-refractivity contribution in [3.8, 4) is 11.1 Å². The number of benzene rings is 3. The third-order valence-electron chi connectivity index (χ3n) is 4.88. The summed E-state index contributed by atoms with van der Waals surface area (Å²) < 4.78 is 0. The minimum atomic E-state index is 0.139. The maximum absolute atomic E-state index is 12.7. The third-order valence-corrected chi connectivity index (χ3v) is 4.88. The standard InChI is InChI=1S/C24H21NO/c1-18-15-22-9-5-6-10-23(22)16-25(18)17-24(26)21-13-11-20(12-14-21)19-7-3-2-4-8-19/h2-16,18H,17H2,1H3. The topological polar surface area (TPSA) is 20.3 Å². The first kappa shape index (κ1) is 16.3. The Kier molecular flexibility index (Phi) is 4.40. The molecule has 0 radical (unpaired) electrons. The van der Waals surface area contributed by atoms with Crippen molar-refractivity contribution in [2.45, 2.75) is 13.0 Å². The number of hydrogen-bond acceptors (Lipinski definition) is 2. The molecule has 26 heavy (non-hydrogen) atoms. The molecule has 3 aromatic carbocycles. The smallest absolute Gasteiger partial charge is 0.182 e. The van der Waals surface area contributed by atoms with Gasteiger partial charge in [-0.05, 0) is 28.5 Å².